The molecular formula is C30H34F4N6O3. The summed E-state index contributed by atoms with van der Waals surface area (Å²) in [6.07, 6.45) is 3.49. The zero-order valence-corrected chi connectivity index (χ0v) is 23.6. The van der Waals surface area contributed by atoms with E-state index in [1.165, 1.54) is 0 Å². The number of rotatable bonds is 10. The van der Waals surface area contributed by atoms with E-state index in [4.69, 9.17) is 9.61 Å². The van der Waals surface area contributed by atoms with Crippen LogP contribution in [0.15, 0.2) is 22.8 Å². The minimum atomic E-state index is -2.84. The van der Waals surface area contributed by atoms with Crippen molar-refractivity contribution in [3.8, 4) is 0 Å². The van der Waals surface area contributed by atoms with Crippen LogP contribution in [-0.2, 0) is 4.79 Å². The van der Waals surface area contributed by atoms with Crippen molar-refractivity contribution in [2.24, 2.45) is 17.8 Å². The van der Waals surface area contributed by atoms with Gasteiger partial charge in [-0.25, -0.2) is 27.2 Å². The molecule has 3 atom stereocenters. The number of aromatic nitrogens is 4. The van der Waals surface area contributed by atoms with Gasteiger partial charge in [0, 0.05) is 38.0 Å². The van der Waals surface area contributed by atoms with Gasteiger partial charge in [-0.05, 0) is 79.1 Å². The van der Waals surface area contributed by atoms with Gasteiger partial charge in [0.2, 0.25) is 17.8 Å². The molecule has 1 unspecified atom stereocenters. The Morgan fingerprint density at radius 3 is 2.44 bits per heavy atom. The fraction of sp³-hybridized carbons (Fsp3) is 0.633. The van der Waals surface area contributed by atoms with E-state index < -0.39 is 29.7 Å². The van der Waals surface area contributed by atoms with Gasteiger partial charge in [-0.3, -0.25) is 9.59 Å². The lowest BCUT2D eigenvalue weighted by Gasteiger charge is -2.34. The molecule has 4 fully saturated rings. The second kappa shape index (κ2) is 10.6. The van der Waals surface area contributed by atoms with Crippen LogP contribution in [0.3, 0.4) is 0 Å². The largest absolute Gasteiger partial charge is 0.349 e. The number of hydrogen-bond acceptors (Lipinski definition) is 6. The van der Waals surface area contributed by atoms with Gasteiger partial charge < -0.3 is 15.6 Å². The monoisotopic (exact) mass is 602 g/mol. The normalized spacial score (nSPS) is 24.7. The number of benzene rings is 1. The van der Waals surface area contributed by atoms with Crippen molar-refractivity contribution in [3.05, 3.63) is 41.0 Å². The second-order valence-corrected chi connectivity index (χ2v) is 13.1. The topological polar surface area (TPSA) is 126 Å². The Morgan fingerprint density at radius 2 is 1.74 bits per heavy atom. The first kappa shape index (κ1) is 28.3. The minimum absolute atomic E-state index is 0.0714. The average Bonchev–Trinajstić information content (AvgIpc) is 3.86. The van der Waals surface area contributed by atoms with E-state index in [9.17, 15) is 27.2 Å². The number of carbonyl (C=O) groups excluding carboxylic acids is 2. The first-order chi connectivity index (χ1) is 20.5. The molecule has 13 heteroatoms. The van der Waals surface area contributed by atoms with Gasteiger partial charge in [0.1, 0.15) is 11.5 Å². The van der Waals surface area contributed by atoms with Gasteiger partial charge in [-0.15, -0.1) is 0 Å². The second-order valence-electron chi connectivity index (χ2n) is 13.1. The predicted octanol–water partition coefficient (Wildman–Crippen LogP) is 6.12. The third-order valence-electron chi connectivity index (χ3n) is 9.37. The van der Waals surface area contributed by atoms with Crippen LogP contribution < -0.4 is 10.6 Å². The summed E-state index contributed by atoms with van der Waals surface area (Å²) >= 11 is 0. The first-order valence-electron chi connectivity index (χ1n) is 15.2. The van der Waals surface area contributed by atoms with Crippen LogP contribution in [0.5, 0.6) is 0 Å². The van der Waals surface area contributed by atoms with Gasteiger partial charge in [-0.2, -0.15) is 0 Å². The molecule has 4 aliphatic rings. The molecule has 43 heavy (non-hydrogen) atoms. The van der Waals surface area contributed by atoms with E-state index in [0.717, 1.165) is 31.2 Å². The zero-order valence-electron chi connectivity index (χ0n) is 23.6. The van der Waals surface area contributed by atoms with Crippen LogP contribution >= 0.6 is 0 Å². The highest BCUT2D eigenvalue weighted by molar-refractivity contribution is 5.93. The fourth-order valence-electron chi connectivity index (χ4n) is 6.81. The van der Waals surface area contributed by atoms with Crippen LogP contribution in [0.25, 0.3) is 11.0 Å². The number of carbonyl (C=O) groups is 2. The molecule has 7 rings (SSSR count). The first-order valence-corrected chi connectivity index (χ1v) is 15.2. The summed E-state index contributed by atoms with van der Waals surface area (Å²) in [5.41, 5.74) is 2.65. The van der Waals surface area contributed by atoms with Crippen molar-refractivity contribution in [2.45, 2.75) is 100 Å². The molecule has 4 aliphatic carbocycles. The van der Waals surface area contributed by atoms with Crippen molar-refractivity contribution in [3.63, 3.8) is 0 Å². The maximum absolute atomic E-state index is 14.5. The third kappa shape index (κ3) is 6.12. The maximum atomic E-state index is 14.5. The highest BCUT2D eigenvalue weighted by Gasteiger charge is 2.46. The quantitative estimate of drug-likeness (QED) is 0.240. The molecule has 0 aliphatic heterocycles. The van der Waals surface area contributed by atoms with E-state index in [1.54, 1.807) is 6.07 Å². The van der Waals surface area contributed by atoms with Crippen LogP contribution in [-0.4, -0.2) is 43.9 Å². The Labute approximate surface area is 244 Å². The Kier molecular flexibility index (Phi) is 6.96. The van der Waals surface area contributed by atoms with Gasteiger partial charge in [0.25, 0.3) is 5.91 Å². The summed E-state index contributed by atoms with van der Waals surface area (Å²) in [5.74, 6) is -6.42. The van der Waals surface area contributed by atoms with Gasteiger partial charge >= 0.3 is 0 Å². The summed E-state index contributed by atoms with van der Waals surface area (Å²) in [6, 6.07) is 4.47. The number of nitrogens with one attached hydrogen (secondary N) is 3. The Bertz CT molecular complexity index is 1520. The van der Waals surface area contributed by atoms with Gasteiger partial charge in [0.05, 0.1) is 23.1 Å². The van der Waals surface area contributed by atoms with Crippen molar-refractivity contribution < 1.29 is 31.8 Å². The number of halogens is 4. The van der Waals surface area contributed by atoms with Crippen molar-refractivity contribution in [1.29, 1.82) is 0 Å². The minimum Gasteiger partial charge on any atom is -0.349 e. The Hall–Kier alpha value is -3.51. The van der Waals surface area contributed by atoms with E-state index in [2.05, 4.69) is 25.9 Å². The summed E-state index contributed by atoms with van der Waals surface area (Å²) in [4.78, 5) is 34.0. The standard InChI is InChI=1S/C30H34F4N6O3/c31-29(32)9-1-2-19(14-29)25(38-28(42)26-24(17-5-6-17)39-43-40-26)27-35-20-8-7-18(11-21(20)36-27)23(16-3-4-16)37-22(41)10-15-12-30(33,34)13-15/h7-8,11,15-17,19,23,25H,1-6,9-10,12-14H2,(H,35,36)(H,37,41)(H,38,42)/t19-,23?,25-/m0/s1. The molecule has 9 nitrogen and oxygen atoms in total. The average molecular weight is 603 g/mol. The summed E-state index contributed by atoms with van der Waals surface area (Å²) in [7, 11) is 0. The van der Waals surface area contributed by atoms with Crippen molar-refractivity contribution in [2.75, 3.05) is 0 Å². The molecule has 0 radical (unpaired) electrons. The number of amides is 2. The smallest absolute Gasteiger partial charge is 0.276 e. The van der Waals surface area contributed by atoms with Crippen molar-refractivity contribution in [1.82, 2.24) is 30.9 Å². The van der Waals surface area contributed by atoms with Gasteiger partial charge in [0.15, 0.2) is 5.69 Å². The lowest BCUT2D eigenvalue weighted by atomic mass is 9.79. The molecule has 3 N–H and O–H groups in total. The lowest BCUT2D eigenvalue weighted by Crippen LogP contribution is -2.39. The number of imidazole rings is 1. The number of H-pyrrole nitrogens is 1. The highest BCUT2D eigenvalue weighted by atomic mass is 19.3. The van der Waals surface area contributed by atoms with Crippen molar-refractivity contribution >= 4 is 22.8 Å². The van der Waals surface area contributed by atoms with E-state index in [-0.39, 0.29) is 67.5 Å². The highest BCUT2D eigenvalue weighted by Crippen LogP contribution is 2.46. The number of aromatic amines is 1. The summed E-state index contributed by atoms with van der Waals surface area (Å²) < 4.78 is 60.4. The van der Waals surface area contributed by atoms with E-state index in [0.29, 0.717) is 35.4 Å². The molecule has 0 bridgehead atoms. The molecule has 4 saturated carbocycles. The molecule has 230 valence electrons. The number of hydrogen-bond donors (Lipinski definition) is 3. The SMILES string of the molecule is O=C(CC1CC(F)(F)C1)NC(c1ccc2nc([C@@H](NC(=O)c3nonc3C3CC3)[C@H]3CCCC(F)(F)C3)[nH]c2c1)C1CC1. The fourth-order valence-corrected chi connectivity index (χ4v) is 6.81. The number of alkyl halides is 4. The Morgan fingerprint density at radius 1 is 0.953 bits per heavy atom. The maximum Gasteiger partial charge on any atom is 0.276 e. The predicted molar refractivity (Wildman–Crippen MR) is 145 cm³/mol. The molecule has 2 heterocycles. The van der Waals surface area contributed by atoms with E-state index in [1.807, 2.05) is 12.1 Å². The van der Waals surface area contributed by atoms with Crippen LogP contribution in [0.1, 0.15) is 116 Å². The summed E-state index contributed by atoms with van der Waals surface area (Å²) in [5, 5.41) is 13.7. The van der Waals surface area contributed by atoms with Gasteiger partial charge in [-0.1, -0.05) is 11.2 Å². The molecule has 1 aromatic carbocycles. The van der Waals surface area contributed by atoms with Crippen LogP contribution in [0.4, 0.5) is 17.6 Å². The lowest BCUT2D eigenvalue weighted by molar-refractivity contribution is -0.134. The van der Waals surface area contributed by atoms with E-state index >= 15 is 0 Å². The molecular weight excluding hydrogens is 568 g/mol. The molecule has 2 aromatic heterocycles. The Balaban J connectivity index is 1.13. The number of fused-ring (bicyclic) bond motifs is 1. The molecule has 0 saturated heterocycles. The summed E-state index contributed by atoms with van der Waals surface area (Å²) in [6.45, 7) is 0. The molecule has 2 amide bonds. The number of nitrogens with zero attached hydrogens (tertiary/aromatic N) is 3. The third-order valence-corrected chi connectivity index (χ3v) is 9.37. The molecule has 0 spiro atoms. The zero-order chi connectivity index (χ0) is 29.9. The van der Waals surface area contributed by atoms with Crippen LogP contribution in [0, 0.1) is 17.8 Å². The van der Waals surface area contributed by atoms with Crippen LogP contribution in [0.2, 0.25) is 0 Å². The molecule has 3 aromatic rings.